The molecule has 0 amide bonds. The van der Waals surface area contributed by atoms with Crippen LogP contribution in [0, 0.1) is 5.92 Å². The maximum Gasteiger partial charge on any atom is 0.193 e. The topological polar surface area (TPSA) is 40.1 Å². The molecular formula is C20H34N4O. The van der Waals surface area contributed by atoms with Crippen molar-refractivity contribution in [2.24, 2.45) is 10.9 Å². The number of methoxy groups -OCH3 is 1. The number of benzene rings is 1. The number of hydrogen-bond donors (Lipinski definition) is 1. The second-order valence-corrected chi connectivity index (χ2v) is 6.84. The van der Waals surface area contributed by atoms with Crippen molar-refractivity contribution in [3.8, 4) is 5.75 Å². The largest absolute Gasteiger partial charge is 0.497 e. The van der Waals surface area contributed by atoms with Crippen LogP contribution >= 0.6 is 0 Å². The van der Waals surface area contributed by atoms with Gasteiger partial charge in [0.25, 0.3) is 0 Å². The van der Waals surface area contributed by atoms with Gasteiger partial charge in [-0.15, -0.1) is 0 Å². The number of piperidine rings is 1. The third-order valence-corrected chi connectivity index (χ3v) is 5.14. The van der Waals surface area contributed by atoms with Crippen LogP contribution in [-0.4, -0.2) is 63.1 Å². The molecule has 1 aliphatic heterocycles. The Kier molecular flexibility index (Phi) is 8.06. The molecule has 25 heavy (non-hydrogen) atoms. The molecule has 0 atom stereocenters. The summed E-state index contributed by atoms with van der Waals surface area (Å²) < 4.78 is 5.21. The van der Waals surface area contributed by atoms with E-state index in [0.29, 0.717) is 0 Å². The van der Waals surface area contributed by atoms with Crippen LogP contribution in [0.4, 0.5) is 0 Å². The van der Waals surface area contributed by atoms with Crippen LogP contribution in [-0.2, 0) is 6.54 Å². The van der Waals surface area contributed by atoms with Crippen molar-refractivity contribution >= 4 is 5.96 Å². The summed E-state index contributed by atoms with van der Waals surface area (Å²) in [5.74, 6) is 2.70. The van der Waals surface area contributed by atoms with Crippen molar-refractivity contribution in [3.05, 3.63) is 29.8 Å². The Balaban J connectivity index is 1.73. The molecule has 1 aromatic rings. The van der Waals surface area contributed by atoms with E-state index < -0.39 is 0 Å². The van der Waals surface area contributed by atoms with Crippen molar-refractivity contribution < 1.29 is 4.74 Å². The molecule has 1 heterocycles. The summed E-state index contributed by atoms with van der Waals surface area (Å²) in [6.07, 6.45) is 3.89. The number of ether oxygens (including phenoxy) is 1. The van der Waals surface area contributed by atoms with Crippen LogP contribution in [0.1, 0.15) is 31.7 Å². The van der Waals surface area contributed by atoms with Gasteiger partial charge in [0, 0.05) is 27.2 Å². The van der Waals surface area contributed by atoms with Gasteiger partial charge in [-0.05, 0) is 62.5 Å². The average Bonchev–Trinajstić information content (AvgIpc) is 2.66. The molecule has 0 spiro atoms. The highest BCUT2D eigenvalue weighted by atomic mass is 16.5. The molecule has 0 saturated carbocycles. The minimum Gasteiger partial charge on any atom is -0.497 e. The average molecular weight is 347 g/mol. The second-order valence-electron chi connectivity index (χ2n) is 6.84. The van der Waals surface area contributed by atoms with Crippen LogP contribution < -0.4 is 10.1 Å². The van der Waals surface area contributed by atoms with Crippen LogP contribution in [0.5, 0.6) is 5.75 Å². The molecule has 1 aromatic carbocycles. The van der Waals surface area contributed by atoms with Gasteiger partial charge in [-0.1, -0.05) is 19.1 Å². The van der Waals surface area contributed by atoms with Crippen molar-refractivity contribution in [1.29, 1.82) is 0 Å². The summed E-state index contributed by atoms with van der Waals surface area (Å²) in [4.78, 5) is 9.14. The second kappa shape index (κ2) is 10.3. The number of likely N-dealkylation sites (tertiary alicyclic amines) is 1. The van der Waals surface area contributed by atoms with Gasteiger partial charge in [-0.2, -0.15) is 0 Å². The predicted octanol–water partition coefficient (Wildman–Crippen LogP) is 2.82. The van der Waals surface area contributed by atoms with Gasteiger partial charge in [0.15, 0.2) is 5.96 Å². The van der Waals surface area contributed by atoms with Crippen molar-refractivity contribution in [1.82, 2.24) is 15.1 Å². The van der Waals surface area contributed by atoms with E-state index in [1.165, 1.54) is 44.5 Å². The highest BCUT2D eigenvalue weighted by Crippen LogP contribution is 2.19. The normalized spacial score (nSPS) is 16.7. The van der Waals surface area contributed by atoms with Crippen LogP contribution in [0.25, 0.3) is 0 Å². The molecule has 0 radical (unpaired) electrons. The quantitative estimate of drug-likeness (QED) is 0.609. The standard InChI is InChI=1S/C20H34N4O/c1-5-24-14-11-17(12-15-24)10-13-22-20(21-2)23(3)16-18-6-8-19(25-4)9-7-18/h6-9,17H,5,10-16H2,1-4H3,(H,21,22). The fourth-order valence-corrected chi connectivity index (χ4v) is 3.44. The molecule has 140 valence electrons. The highest BCUT2D eigenvalue weighted by Gasteiger charge is 2.17. The number of aliphatic imine (C=N–C) groups is 1. The Morgan fingerprint density at radius 2 is 1.96 bits per heavy atom. The van der Waals surface area contributed by atoms with E-state index in [0.717, 1.165) is 30.7 Å². The molecule has 5 nitrogen and oxygen atoms in total. The van der Waals surface area contributed by atoms with E-state index in [1.54, 1.807) is 7.11 Å². The lowest BCUT2D eigenvalue weighted by molar-refractivity contribution is 0.187. The minimum absolute atomic E-state index is 0.832. The maximum atomic E-state index is 5.21. The Hall–Kier alpha value is -1.75. The predicted molar refractivity (Wildman–Crippen MR) is 105 cm³/mol. The van der Waals surface area contributed by atoms with Gasteiger partial charge >= 0.3 is 0 Å². The zero-order valence-electron chi connectivity index (χ0n) is 16.3. The Labute approximate surface area is 153 Å². The highest BCUT2D eigenvalue weighted by molar-refractivity contribution is 5.79. The van der Waals surface area contributed by atoms with Crippen molar-refractivity contribution in [3.63, 3.8) is 0 Å². The number of guanidine groups is 1. The molecule has 1 saturated heterocycles. The van der Waals surface area contributed by atoms with E-state index >= 15 is 0 Å². The molecule has 0 bridgehead atoms. The first-order valence-corrected chi connectivity index (χ1v) is 9.43. The number of nitrogens with one attached hydrogen (secondary N) is 1. The zero-order chi connectivity index (χ0) is 18.1. The molecule has 1 aliphatic rings. The summed E-state index contributed by atoms with van der Waals surface area (Å²) >= 11 is 0. The van der Waals surface area contributed by atoms with Crippen LogP contribution in [0.3, 0.4) is 0 Å². The van der Waals surface area contributed by atoms with E-state index in [-0.39, 0.29) is 0 Å². The van der Waals surface area contributed by atoms with E-state index in [2.05, 4.69) is 46.2 Å². The smallest absolute Gasteiger partial charge is 0.193 e. The fraction of sp³-hybridized carbons (Fsp3) is 0.650. The Bertz CT molecular complexity index is 521. The summed E-state index contributed by atoms with van der Waals surface area (Å²) in [6, 6.07) is 8.21. The van der Waals surface area contributed by atoms with Gasteiger partial charge in [-0.3, -0.25) is 4.99 Å². The molecule has 5 heteroatoms. The summed E-state index contributed by atoms with van der Waals surface area (Å²) in [5, 5.41) is 3.52. The van der Waals surface area contributed by atoms with E-state index in [1.807, 2.05) is 19.2 Å². The monoisotopic (exact) mass is 346 g/mol. The maximum absolute atomic E-state index is 5.21. The van der Waals surface area contributed by atoms with Gasteiger partial charge in [0.2, 0.25) is 0 Å². The first-order chi connectivity index (χ1) is 12.2. The van der Waals surface area contributed by atoms with Gasteiger partial charge in [0.1, 0.15) is 5.75 Å². The fourth-order valence-electron chi connectivity index (χ4n) is 3.44. The minimum atomic E-state index is 0.832. The van der Waals surface area contributed by atoms with Crippen LogP contribution in [0.2, 0.25) is 0 Å². The SMILES string of the molecule is CCN1CCC(CCNC(=NC)N(C)Cc2ccc(OC)cc2)CC1. The number of rotatable bonds is 7. The number of nitrogens with zero attached hydrogens (tertiary/aromatic N) is 3. The first-order valence-electron chi connectivity index (χ1n) is 9.43. The summed E-state index contributed by atoms with van der Waals surface area (Å²) in [7, 11) is 5.63. The lowest BCUT2D eigenvalue weighted by Gasteiger charge is -2.31. The Morgan fingerprint density at radius 3 is 2.52 bits per heavy atom. The number of hydrogen-bond acceptors (Lipinski definition) is 3. The summed E-state index contributed by atoms with van der Waals surface area (Å²) in [5.41, 5.74) is 1.25. The molecular weight excluding hydrogens is 312 g/mol. The molecule has 1 fully saturated rings. The molecule has 0 aromatic heterocycles. The van der Waals surface area contributed by atoms with E-state index in [4.69, 9.17) is 4.74 Å². The molecule has 0 aliphatic carbocycles. The lowest BCUT2D eigenvalue weighted by atomic mass is 9.93. The van der Waals surface area contributed by atoms with E-state index in [9.17, 15) is 0 Å². The summed E-state index contributed by atoms with van der Waals surface area (Å²) in [6.45, 7) is 7.79. The van der Waals surface area contributed by atoms with Crippen molar-refractivity contribution in [2.45, 2.75) is 32.7 Å². The van der Waals surface area contributed by atoms with Gasteiger partial charge in [0.05, 0.1) is 7.11 Å². The van der Waals surface area contributed by atoms with Crippen molar-refractivity contribution in [2.75, 3.05) is 47.4 Å². The zero-order valence-corrected chi connectivity index (χ0v) is 16.3. The molecule has 2 rings (SSSR count). The Morgan fingerprint density at radius 1 is 1.28 bits per heavy atom. The third kappa shape index (κ3) is 6.24. The third-order valence-electron chi connectivity index (χ3n) is 5.14. The molecule has 1 N–H and O–H groups in total. The van der Waals surface area contributed by atoms with Gasteiger partial charge < -0.3 is 19.9 Å². The van der Waals surface area contributed by atoms with Gasteiger partial charge in [-0.25, -0.2) is 0 Å². The lowest BCUT2D eigenvalue weighted by Crippen LogP contribution is -2.40. The first kappa shape index (κ1) is 19.6. The van der Waals surface area contributed by atoms with Crippen LogP contribution in [0.15, 0.2) is 29.3 Å². The molecule has 0 unspecified atom stereocenters.